The SMILES string of the molecule is O=C1C(=O)N(Cc2ccco2)C(c2ccc(F)cc2)/C1=C(/O)c1ccccc1. The first-order valence-corrected chi connectivity index (χ1v) is 8.68. The number of halogens is 1. The van der Waals surface area contributed by atoms with Crippen LogP contribution in [0.3, 0.4) is 0 Å². The predicted octanol–water partition coefficient (Wildman–Crippen LogP) is 4.04. The van der Waals surface area contributed by atoms with Crippen molar-refractivity contribution in [1.82, 2.24) is 4.90 Å². The average Bonchev–Trinajstić information content (AvgIpc) is 3.31. The van der Waals surface area contributed by atoms with Gasteiger partial charge < -0.3 is 14.4 Å². The Morgan fingerprint density at radius 2 is 1.71 bits per heavy atom. The Bertz CT molecular complexity index is 1040. The zero-order valence-corrected chi connectivity index (χ0v) is 14.7. The second-order valence-electron chi connectivity index (χ2n) is 6.42. The molecule has 4 rings (SSSR count). The quantitative estimate of drug-likeness (QED) is 0.423. The van der Waals surface area contributed by atoms with Gasteiger partial charge in [-0.15, -0.1) is 0 Å². The highest BCUT2D eigenvalue weighted by molar-refractivity contribution is 6.46. The van der Waals surface area contributed by atoms with Gasteiger partial charge in [0.2, 0.25) is 0 Å². The van der Waals surface area contributed by atoms with Crippen LogP contribution in [0.4, 0.5) is 4.39 Å². The fourth-order valence-corrected chi connectivity index (χ4v) is 3.36. The van der Waals surface area contributed by atoms with E-state index in [-0.39, 0.29) is 17.9 Å². The number of furan rings is 1. The van der Waals surface area contributed by atoms with Crippen LogP contribution in [0.25, 0.3) is 5.76 Å². The summed E-state index contributed by atoms with van der Waals surface area (Å²) in [4.78, 5) is 26.9. The van der Waals surface area contributed by atoms with Crippen LogP contribution in [0.5, 0.6) is 0 Å². The Morgan fingerprint density at radius 3 is 2.36 bits per heavy atom. The Balaban J connectivity index is 1.86. The smallest absolute Gasteiger partial charge is 0.296 e. The van der Waals surface area contributed by atoms with Gasteiger partial charge in [0.1, 0.15) is 17.3 Å². The van der Waals surface area contributed by atoms with Crippen molar-refractivity contribution in [3.05, 3.63) is 101 Å². The number of amides is 1. The number of ketones is 1. The molecule has 1 unspecified atom stereocenters. The Labute approximate surface area is 160 Å². The largest absolute Gasteiger partial charge is 0.507 e. The molecule has 0 radical (unpaired) electrons. The molecule has 1 aliphatic heterocycles. The third kappa shape index (κ3) is 3.09. The highest BCUT2D eigenvalue weighted by Gasteiger charge is 2.46. The highest BCUT2D eigenvalue weighted by Crippen LogP contribution is 2.40. The fraction of sp³-hybridized carbons (Fsp3) is 0.0909. The fourth-order valence-electron chi connectivity index (χ4n) is 3.36. The van der Waals surface area contributed by atoms with Gasteiger partial charge in [-0.3, -0.25) is 9.59 Å². The number of hydrogen-bond donors (Lipinski definition) is 1. The molecule has 140 valence electrons. The summed E-state index contributed by atoms with van der Waals surface area (Å²) in [6.07, 6.45) is 1.47. The van der Waals surface area contributed by atoms with Gasteiger partial charge in [0.05, 0.1) is 24.4 Å². The molecule has 0 spiro atoms. The van der Waals surface area contributed by atoms with Crippen molar-refractivity contribution in [3.8, 4) is 0 Å². The van der Waals surface area contributed by atoms with Gasteiger partial charge >= 0.3 is 0 Å². The maximum atomic E-state index is 13.4. The van der Waals surface area contributed by atoms with E-state index in [1.165, 1.54) is 35.4 Å². The molecule has 2 aromatic carbocycles. The number of hydrogen-bond acceptors (Lipinski definition) is 4. The second-order valence-corrected chi connectivity index (χ2v) is 6.42. The van der Waals surface area contributed by atoms with E-state index < -0.39 is 23.5 Å². The van der Waals surface area contributed by atoms with Crippen LogP contribution < -0.4 is 0 Å². The lowest BCUT2D eigenvalue weighted by Crippen LogP contribution is -2.29. The molecule has 5 nitrogen and oxygen atoms in total. The van der Waals surface area contributed by atoms with E-state index in [1.807, 2.05) is 0 Å². The normalized spacial score (nSPS) is 18.6. The minimum absolute atomic E-state index is 0.0330. The number of nitrogens with zero attached hydrogens (tertiary/aromatic N) is 1. The first kappa shape index (κ1) is 17.7. The van der Waals surface area contributed by atoms with Gasteiger partial charge in [0.15, 0.2) is 0 Å². The van der Waals surface area contributed by atoms with E-state index in [4.69, 9.17) is 4.42 Å². The van der Waals surface area contributed by atoms with E-state index in [9.17, 15) is 19.1 Å². The van der Waals surface area contributed by atoms with E-state index in [0.717, 1.165) is 0 Å². The van der Waals surface area contributed by atoms with Gasteiger partial charge in [-0.25, -0.2) is 4.39 Å². The van der Waals surface area contributed by atoms with E-state index in [2.05, 4.69) is 0 Å². The monoisotopic (exact) mass is 377 g/mol. The number of carbonyl (C=O) groups excluding carboxylic acids is 2. The van der Waals surface area contributed by atoms with Crippen molar-refractivity contribution in [3.63, 3.8) is 0 Å². The van der Waals surface area contributed by atoms with Gasteiger partial charge in [0.25, 0.3) is 11.7 Å². The summed E-state index contributed by atoms with van der Waals surface area (Å²) in [5, 5.41) is 10.8. The standard InChI is InChI=1S/C22H16FNO4/c23-16-10-8-14(9-11-16)19-18(20(25)15-5-2-1-3-6-15)21(26)22(27)24(19)13-17-7-4-12-28-17/h1-12,19,25H,13H2/b20-18-. The summed E-state index contributed by atoms with van der Waals surface area (Å²) < 4.78 is 18.7. The van der Waals surface area contributed by atoms with Crippen molar-refractivity contribution in [2.24, 2.45) is 0 Å². The summed E-state index contributed by atoms with van der Waals surface area (Å²) in [5.74, 6) is -1.75. The van der Waals surface area contributed by atoms with Crippen LogP contribution >= 0.6 is 0 Å². The van der Waals surface area contributed by atoms with Crippen LogP contribution in [0, 0.1) is 5.82 Å². The molecule has 28 heavy (non-hydrogen) atoms. The highest BCUT2D eigenvalue weighted by atomic mass is 19.1. The Hall–Kier alpha value is -3.67. The number of likely N-dealkylation sites (tertiary alicyclic amines) is 1. The lowest BCUT2D eigenvalue weighted by Gasteiger charge is -2.24. The molecular weight excluding hydrogens is 361 g/mol. The molecule has 2 heterocycles. The van der Waals surface area contributed by atoms with Gasteiger partial charge in [-0.2, -0.15) is 0 Å². The van der Waals surface area contributed by atoms with Crippen LogP contribution in [0.2, 0.25) is 0 Å². The van der Waals surface area contributed by atoms with Crippen molar-refractivity contribution in [1.29, 1.82) is 0 Å². The minimum Gasteiger partial charge on any atom is -0.507 e. The third-order valence-corrected chi connectivity index (χ3v) is 4.68. The summed E-state index contributed by atoms with van der Waals surface area (Å²) in [5.41, 5.74) is 0.907. The summed E-state index contributed by atoms with van der Waals surface area (Å²) in [6.45, 7) is 0.0468. The Kier molecular flexibility index (Phi) is 4.53. The summed E-state index contributed by atoms with van der Waals surface area (Å²) >= 11 is 0. The van der Waals surface area contributed by atoms with Crippen molar-refractivity contribution in [2.45, 2.75) is 12.6 Å². The molecular formula is C22H16FNO4. The average molecular weight is 377 g/mol. The summed E-state index contributed by atoms with van der Waals surface area (Å²) in [6, 6.07) is 16.6. The van der Waals surface area contributed by atoms with E-state index in [1.54, 1.807) is 42.5 Å². The number of aliphatic hydroxyl groups excluding tert-OH is 1. The molecule has 1 atom stereocenters. The zero-order chi connectivity index (χ0) is 19.7. The van der Waals surface area contributed by atoms with Crippen LogP contribution in [-0.2, 0) is 16.1 Å². The van der Waals surface area contributed by atoms with Crippen LogP contribution in [0.1, 0.15) is 22.9 Å². The van der Waals surface area contributed by atoms with Crippen LogP contribution in [-0.4, -0.2) is 21.7 Å². The number of rotatable bonds is 4. The van der Waals surface area contributed by atoms with Gasteiger partial charge in [0, 0.05) is 5.56 Å². The molecule has 0 saturated carbocycles. The molecule has 0 bridgehead atoms. The lowest BCUT2D eigenvalue weighted by molar-refractivity contribution is -0.140. The predicted molar refractivity (Wildman–Crippen MR) is 99.4 cm³/mol. The van der Waals surface area contributed by atoms with Crippen molar-refractivity contribution < 1.29 is 23.5 Å². The number of carbonyl (C=O) groups is 2. The van der Waals surface area contributed by atoms with E-state index >= 15 is 0 Å². The molecule has 1 aromatic heterocycles. The molecule has 1 saturated heterocycles. The second kappa shape index (κ2) is 7.15. The molecule has 3 aromatic rings. The van der Waals surface area contributed by atoms with E-state index in [0.29, 0.717) is 16.9 Å². The van der Waals surface area contributed by atoms with Gasteiger partial charge in [-0.05, 0) is 29.8 Å². The third-order valence-electron chi connectivity index (χ3n) is 4.68. The van der Waals surface area contributed by atoms with Crippen LogP contribution in [0.15, 0.2) is 83.0 Å². The zero-order valence-electron chi connectivity index (χ0n) is 14.7. The first-order chi connectivity index (χ1) is 13.6. The van der Waals surface area contributed by atoms with Crippen molar-refractivity contribution >= 4 is 17.4 Å². The molecule has 6 heteroatoms. The number of Topliss-reactive ketones (excluding diaryl/α,β-unsaturated/α-hetero) is 1. The topological polar surface area (TPSA) is 70.8 Å². The molecule has 1 N–H and O–H groups in total. The number of aliphatic hydroxyl groups is 1. The van der Waals surface area contributed by atoms with Gasteiger partial charge in [-0.1, -0.05) is 42.5 Å². The maximum Gasteiger partial charge on any atom is 0.296 e. The Morgan fingerprint density at radius 1 is 1.00 bits per heavy atom. The number of benzene rings is 2. The molecule has 1 aliphatic rings. The van der Waals surface area contributed by atoms with Crippen molar-refractivity contribution in [2.75, 3.05) is 0 Å². The first-order valence-electron chi connectivity index (χ1n) is 8.68. The molecule has 1 amide bonds. The summed E-state index contributed by atoms with van der Waals surface area (Å²) in [7, 11) is 0. The maximum absolute atomic E-state index is 13.4. The lowest BCUT2D eigenvalue weighted by atomic mass is 9.95. The molecule has 0 aliphatic carbocycles. The minimum atomic E-state index is -0.856. The molecule has 1 fully saturated rings.